The third-order valence-corrected chi connectivity index (χ3v) is 15.6. The fourth-order valence-corrected chi connectivity index (χ4v) is 12.3. The molecule has 1 nitrogen and oxygen atoms in total. The molecule has 0 saturated heterocycles. The fourth-order valence-electron chi connectivity index (χ4n) is 4.27. The summed E-state index contributed by atoms with van der Waals surface area (Å²) in [5, 5.41) is 12.0. The maximum absolute atomic E-state index is 11.2. The number of aliphatic hydroxyl groups excluding tert-OH is 1. The molecule has 3 aromatic rings. The van der Waals surface area contributed by atoms with Gasteiger partial charge in [0.2, 0.25) is 0 Å². The van der Waals surface area contributed by atoms with E-state index in [4.69, 9.17) is 0 Å². The van der Waals surface area contributed by atoms with E-state index in [1.54, 1.807) is 0 Å². The van der Waals surface area contributed by atoms with Gasteiger partial charge >= 0.3 is 184 Å². The van der Waals surface area contributed by atoms with Gasteiger partial charge in [-0.1, -0.05) is 0 Å². The number of benzene rings is 3. The molecule has 0 aliphatic carbocycles. The molecule has 0 saturated carbocycles. The van der Waals surface area contributed by atoms with Gasteiger partial charge in [-0.15, -0.1) is 0 Å². The van der Waals surface area contributed by atoms with Gasteiger partial charge in [0.25, 0.3) is 0 Å². The van der Waals surface area contributed by atoms with Crippen LogP contribution in [0.4, 0.5) is 0 Å². The summed E-state index contributed by atoms with van der Waals surface area (Å²) in [5.41, 5.74) is 0. The van der Waals surface area contributed by atoms with E-state index in [1.165, 1.54) is 35.2 Å². The molecule has 0 aromatic heterocycles. The number of aliphatic hydroxyl groups is 1. The van der Waals surface area contributed by atoms with Gasteiger partial charge in [0.1, 0.15) is 0 Å². The number of halogens is 1. The van der Waals surface area contributed by atoms with Gasteiger partial charge in [-0.05, 0) is 0 Å². The Balaban J connectivity index is 2.14. The summed E-state index contributed by atoms with van der Waals surface area (Å²) in [6.45, 7) is 2.22. The monoisotopic (exact) mass is 470 g/mol. The molecule has 1 atom stereocenters. The molecule has 0 fully saturated rings. The van der Waals surface area contributed by atoms with Crippen LogP contribution >= 0.6 is 20.8 Å². The SMILES string of the molecule is CCCCCCC(O)CP(Br)(c1ccccc1)(c1ccccc1)c1ccccc1. The Morgan fingerprint density at radius 3 is 1.48 bits per heavy atom. The Labute approximate surface area is 183 Å². The van der Waals surface area contributed by atoms with Crippen molar-refractivity contribution in [2.45, 2.75) is 45.1 Å². The summed E-state index contributed by atoms with van der Waals surface area (Å²) in [7, 11) is 0. The van der Waals surface area contributed by atoms with E-state index >= 15 is 0 Å². The summed E-state index contributed by atoms with van der Waals surface area (Å²) in [4.78, 5) is 0. The Kier molecular flexibility index (Phi) is 7.68. The van der Waals surface area contributed by atoms with Crippen molar-refractivity contribution in [2.24, 2.45) is 0 Å². The first-order valence-corrected chi connectivity index (χ1v) is 15.1. The molecule has 0 amide bonds. The Morgan fingerprint density at radius 1 is 0.690 bits per heavy atom. The molecule has 0 aliphatic heterocycles. The van der Waals surface area contributed by atoms with Crippen molar-refractivity contribution in [3.63, 3.8) is 0 Å². The summed E-state index contributed by atoms with van der Waals surface area (Å²) in [6, 6.07) is 32.2. The van der Waals surface area contributed by atoms with Crippen molar-refractivity contribution < 1.29 is 5.11 Å². The van der Waals surface area contributed by atoms with Crippen molar-refractivity contribution in [1.29, 1.82) is 0 Å². The second-order valence-electron chi connectivity index (χ2n) is 7.88. The Bertz CT molecular complexity index is 768. The van der Waals surface area contributed by atoms with Crippen LogP contribution in [0.2, 0.25) is 0 Å². The van der Waals surface area contributed by atoms with Crippen LogP contribution in [-0.2, 0) is 0 Å². The summed E-state index contributed by atoms with van der Waals surface area (Å²) in [5.74, 6) is 0. The molecular formula is C26H32BrOP. The van der Waals surface area contributed by atoms with Crippen LogP contribution in [0.25, 0.3) is 0 Å². The molecule has 29 heavy (non-hydrogen) atoms. The second kappa shape index (κ2) is 10.0. The minimum atomic E-state index is -3.01. The van der Waals surface area contributed by atoms with Crippen LogP contribution in [0.5, 0.6) is 0 Å². The predicted molar refractivity (Wildman–Crippen MR) is 134 cm³/mol. The molecule has 3 aromatic carbocycles. The van der Waals surface area contributed by atoms with Crippen LogP contribution in [0, 0.1) is 0 Å². The van der Waals surface area contributed by atoms with Crippen molar-refractivity contribution in [3.8, 4) is 0 Å². The van der Waals surface area contributed by atoms with Crippen LogP contribution in [-0.4, -0.2) is 17.4 Å². The molecule has 154 valence electrons. The topological polar surface area (TPSA) is 20.2 Å². The molecule has 0 spiro atoms. The van der Waals surface area contributed by atoms with E-state index in [-0.39, 0.29) is 6.10 Å². The molecule has 3 heteroatoms. The van der Waals surface area contributed by atoms with Crippen molar-refractivity contribution in [1.82, 2.24) is 0 Å². The van der Waals surface area contributed by atoms with E-state index in [2.05, 4.69) is 113 Å². The molecule has 0 radical (unpaired) electrons. The Hall–Kier alpha value is -1.47. The van der Waals surface area contributed by atoms with E-state index in [0.29, 0.717) is 6.16 Å². The van der Waals surface area contributed by atoms with Gasteiger partial charge in [-0.3, -0.25) is 0 Å². The van der Waals surface area contributed by atoms with E-state index in [0.717, 1.165) is 12.8 Å². The number of rotatable bonds is 10. The average Bonchev–Trinajstić information content (AvgIpc) is 2.78. The van der Waals surface area contributed by atoms with Gasteiger partial charge in [-0.2, -0.15) is 0 Å². The molecule has 0 heterocycles. The van der Waals surface area contributed by atoms with Gasteiger partial charge in [0.05, 0.1) is 0 Å². The predicted octanol–water partition coefficient (Wildman–Crippen LogP) is 6.16. The summed E-state index contributed by atoms with van der Waals surface area (Å²) in [6.07, 6.45) is 5.91. The molecule has 0 aliphatic rings. The molecule has 1 N–H and O–H groups in total. The minimum absolute atomic E-state index is 0.357. The van der Waals surface area contributed by atoms with Gasteiger partial charge < -0.3 is 0 Å². The fraction of sp³-hybridized carbons (Fsp3) is 0.308. The van der Waals surface area contributed by atoms with Crippen molar-refractivity contribution >= 4 is 36.7 Å². The molecule has 0 bridgehead atoms. The first-order valence-electron chi connectivity index (χ1n) is 10.7. The standard InChI is InChI=1S/C26H32BrOP/c1-2-3-4-8-15-23(28)22-29(27,24-16-9-5-10-17-24,25-18-11-6-12-19-25)26-20-13-7-14-21-26/h5-7,9-14,16-21,23,28H,2-4,8,15,22H2,1H3. The zero-order valence-corrected chi connectivity index (χ0v) is 19.7. The van der Waals surface area contributed by atoms with Gasteiger partial charge in [-0.25, -0.2) is 0 Å². The van der Waals surface area contributed by atoms with E-state index < -0.39 is 5.31 Å². The first-order chi connectivity index (χ1) is 14.1. The molecule has 3 rings (SSSR count). The zero-order valence-electron chi connectivity index (χ0n) is 17.3. The number of hydrogen-bond donors (Lipinski definition) is 1. The molecular weight excluding hydrogens is 439 g/mol. The van der Waals surface area contributed by atoms with Crippen LogP contribution in [0.1, 0.15) is 39.0 Å². The van der Waals surface area contributed by atoms with Crippen LogP contribution < -0.4 is 15.9 Å². The van der Waals surface area contributed by atoms with Crippen molar-refractivity contribution in [3.05, 3.63) is 91.0 Å². The summed E-state index contributed by atoms with van der Waals surface area (Å²) < 4.78 is 0. The molecule has 1 unspecified atom stereocenters. The Morgan fingerprint density at radius 2 is 1.10 bits per heavy atom. The average molecular weight is 471 g/mol. The van der Waals surface area contributed by atoms with Gasteiger partial charge in [0.15, 0.2) is 0 Å². The summed E-state index contributed by atoms with van der Waals surface area (Å²) >= 11 is 4.41. The number of hydrogen-bond acceptors (Lipinski definition) is 1. The van der Waals surface area contributed by atoms with Crippen LogP contribution in [0.15, 0.2) is 91.0 Å². The first kappa shape index (κ1) is 22.2. The van der Waals surface area contributed by atoms with E-state index in [9.17, 15) is 5.11 Å². The third kappa shape index (κ3) is 4.66. The third-order valence-electron chi connectivity index (χ3n) is 5.83. The van der Waals surface area contributed by atoms with Gasteiger partial charge in [0, 0.05) is 0 Å². The maximum atomic E-state index is 11.2. The number of unbranched alkanes of at least 4 members (excludes halogenated alkanes) is 3. The van der Waals surface area contributed by atoms with Crippen LogP contribution in [0.3, 0.4) is 0 Å². The van der Waals surface area contributed by atoms with E-state index in [1.807, 2.05) is 0 Å². The van der Waals surface area contributed by atoms with Crippen molar-refractivity contribution in [2.75, 3.05) is 6.16 Å². The zero-order chi connectivity index (χ0) is 20.6. The normalized spacial score (nSPS) is 14.1. The second-order valence-corrected chi connectivity index (χ2v) is 16.9. The quantitative estimate of drug-likeness (QED) is 0.278.